The normalized spacial score (nSPS) is 34.2. The van der Waals surface area contributed by atoms with Gasteiger partial charge in [0.25, 0.3) is 0 Å². The summed E-state index contributed by atoms with van der Waals surface area (Å²) in [5, 5.41) is 0. The molecule has 0 saturated heterocycles. The highest BCUT2D eigenvalue weighted by Crippen LogP contribution is 2.32. The molecule has 0 heteroatoms. The van der Waals surface area contributed by atoms with Crippen molar-refractivity contribution in [2.24, 2.45) is 11.8 Å². The fourth-order valence-electron chi connectivity index (χ4n) is 2.14. The summed E-state index contributed by atoms with van der Waals surface area (Å²) in [5.41, 5.74) is 0. The summed E-state index contributed by atoms with van der Waals surface area (Å²) in [5.74, 6) is 2.14. The first-order valence-corrected chi connectivity index (χ1v) is 4.86. The molecule has 0 spiro atoms. The molecular formula is C10H20. The van der Waals surface area contributed by atoms with E-state index in [0.29, 0.717) is 0 Å². The van der Waals surface area contributed by atoms with Gasteiger partial charge in [-0.05, 0) is 18.3 Å². The first kappa shape index (κ1) is 8.10. The van der Waals surface area contributed by atoms with E-state index < -0.39 is 0 Å². The predicted octanol–water partition coefficient (Wildman–Crippen LogP) is 3.61. The molecule has 1 aliphatic rings. The van der Waals surface area contributed by atoms with Gasteiger partial charge in [-0.25, -0.2) is 0 Å². The van der Waals surface area contributed by atoms with Gasteiger partial charge in [0, 0.05) is 0 Å². The van der Waals surface area contributed by atoms with Gasteiger partial charge in [0.15, 0.2) is 0 Å². The lowest BCUT2D eigenvalue weighted by atomic mass is 9.79. The van der Waals surface area contributed by atoms with Crippen LogP contribution in [0.3, 0.4) is 0 Å². The van der Waals surface area contributed by atoms with Crippen LogP contribution in [0.15, 0.2) is 0 Å². The Kier molecular flexibility index (Phi) is 3.24. The molecule has 10 heavy (non-hydrogen) atoms. The van der Waals surface area contributed by atoms with Crippen molar-refractivity contribution in [3.63, 3.8) is 0 Å². The van der Waals surface area contributed by atoms with Crippen LogP contribution < -0.4 is 0 Å². The Bertz CT molecular complexity index is 76.0. The van der Waals surface area contributed by atoms with Crippen molar-refractivity contribution in [3.8, 4) is 0 Å². The zero-order valence-electron chi connectivity index (χ0n) is 7.40. The fourth-order valence-corrected chi connectivity index (χ4v) is 2.14. The molecule has 1 aliphatic carbocycles. The summed E-state index contributed by atoms with van der Waals surface area (Å²) in [6.45, 7) is 4.67. The van der Waals surface area contributed by atoms with Crippen LogP contribution in [0.1, 0.15) is 52.4 Å². The molecule has 0 unspecified atom stereocenters. The molecule has 0 nitrogen and oxygen atoms in total. The summed E-state index contributed by atoms with van der Waals surface area (Å²) in [4.78, 5) is 0. The monoisotopic (exact) mass is 140 g/mol. The molecule has 0 amide bonds. The third kappa shape index (κ3) is 2.00. The summed E-state index contributed by atoms with van der Waals surface area (Å²) in [6, 6.07) is 0. The first-order valence-electron chi connectivity index (χ1n) is 4.86. The lowest BCUT2D eigenvalue weighted by molar-refractivity contribution is 0.255. The molecule has 0 radical (unpaired) electrons. The Morgan fingerprint density at radius 2 is 1.50 bits per heavy atom. The quantitative estimate of drug-likeness (QED) is 0.549. The summed E-state index contributed by atoms with van der Waals surface area (Å²) < 4.78 is 0. The average Bonchev–Trinajstić information content (AvgIpc) is 2.05. The smallest absolute Gasteiger partial charge is 0.0414 e. The van der Waals surface area contributed by atoms with E-state index >= 15 is 0 Å². The van der Waals surface area contributed by atoms with Gasteiger partial charge in [0.2, 0.25) is 0 Å². The maximum atomic E-state index is 2.34. The van der Waals surface area contributed by atoms with Gasteiger partial charge in [-0.3, -0.25) is 0 Å². The summed E-state index contributed by atoms with van der Waals surface area (Å²) >= 11 is 0. The maximum absolute atomic E-state index is 2.34. The Morgan fingerprint density at radius 3 is 1.90 bits per heavy atom. The van der Waals surface area contributed by atoms with Crippen molar-refractivity contribution < 1.29 is 0 Å². The van der Waals surface area contributed by atoms with E-state index in [4.69, 9.17) is 0 Å². The van der Waals surface area contributed by atoms with Gasteiger partial charge < -0.3 is 0 Å². The maximum Gasteiger partial charge on any atom is -0.0414 e. The van der Waals surface area contributed by atoms with Crippen LogP contribution in [0.2, 0.25) is 0 Å². The van der Waals surface area contributed by atoms with E-state index in [1.165, 1.54) is 38.5 Å². The molecule has 0 aromatic rings. The molecule has 1 rings (SSSR count). The lowest BCUT2D eigenvalue weighted by Gasteiger charge is -2.27. The minimum absolute atomic E-state index is 1.07. The zero-order valence-corrected chi connectivity index (χ0v) is 7.40. The third-order valence-electron chi connectivity index (χ3n) is 3.05. The minimum Gasteiger partial charge on any atom is -0.0651 e. The van der Waals surface area contributed by atoms with Crippen LogP contribution in [0, 0.1) is 11.8 Å². The van der Waals surface area contributed by atoms with E-state index in [9.17, 15) is 0 Å². The molecule has 0 heterocycles. The van der Waals surface area contributed by atoms with Crippen molar-refractivity contribution in [2.45, 2.75) is 52.4 Å². The van der Waals surface area contributed by atoms with Crippen molar-refractivity contribution >= 4 is 0 Å². The SMILES string of the molecule is CC[C@H]1CCC[C@H](CC)C1. The number of hydrogen-bond acceptors (Lipinski definition) is 0. The summed E-state index contributed by atoms with van der Waals surface area (Å²) in [7, 11) is 0. The van der Waals surface area contributed by atoms with Crippen LogP contribution in [0.4, 0.5) is 0 Å². The zero-order chi connectivity index (χ0) is 7.40. The molecule has 0 aromatic heterocycles. The standard InChI is InChI=1S/C10H20/c1-3-9-6-5-7-10(4-2)8-9/h9-10H,3-8H2,1-2H3/t9-,10-/m0/s1. The van der Waals surface area contributed by atoms with Crippen LogP contribution in [0.25, 0.3) is 0 Å². The minimum atomic E-state index is 1.07. The molecule has 0 N–H and O–H groups in total. The van der Waals surface area contributed by atoms with Gasteiger partial charge in [-0.1, -0.05) is 46.0 Å². The van der Waals surface area contributed by atoms with Gasteiger partial charge in [0.05, 0.1) is 0 Å². The van der Waals surface area contributed by atoms with Gasteiger partial charge in [0.1, 0.15) is 0 Å². The highest BCUT2D eigenvalue weighted by molar-refractivity contribution is 4.70. The van der Waals surface area contributed by atoms with E-state index in [-0.39, 0.29) is 0 Å². The molecule has 0 aliphatic heterocycles. The van der Waals surface area contributed by atoms with Crippen LogP contribution in [-0.2, 0) is 0 Å². The highest BCUT2D eigenvalue weighted by Gasteiger charge is 2.18. The lowest BCUT2D eigenvalue weighted by Crippen LogP contribution is -2.13. The van der Waals surface area contributed by atoms with E-state index in [2.05, 4.69) is 13.8 Å². The van der Waals surface area contributed by atoms with Crippen molar-refractivity contribution in [1.82, 2.24) is 0 Å². The number of rotatable bonds is 2. The Labute approximate surface area is 65.0 Å². The average molecular weight is 140 g/mol. The van der Waals surface area contributed by atoms with Gasteiger partial charge in [-0.2, -0.15) is 0 Å². The van der Waals surface area contributed by atoms with Crippen molar-refractivity contribution in [2.75, 3.05) is 0 Å². The molecular weight excluding hydrogens is 120 g/mol. The Morgan fingerprint density at radius 1 is 1.00 bits per heavy atom. The largest absolute Gasteiger partial charge is 0.0651 e. The molecule has 1 saturated carbocycles. The second-order valence-corrected chi connectivity index (χ2v) is 3.72. The van der Waals surface area contributed by atoms with Gasteiger partial charge >= 0.3 is 0 Å². The second-order valence-electron chi connectivity index (χ2n) is 3.72. The van der Waals surface area contributed by atoms with E-state index in [1.807, 2.05) is 0 Å². The van der Waals surface area contributed by atoms with Crippen molar-refractivity contribution in [1.29, 1.82) is 0 Å². The Hall–Kier alpha value is 0. The third-order valence-corrected chi connectivity index (χ3v) is 3.05. The predicted molar refractivity (Wildman–Crippen MR) is 46.0 cm³/mol. The van der Waals surface area contributed by atoms with Crippen LogP contribution in [0.5, 0.6) is 0 Å². The summed E-state index contributed by atoms with van der Waals surface area (Å²) in [6.07, 6.45) is 8.86. The molecule has 60 valence electrons. The van der Waals surface area contributed by atoms with Crippen molar-refractivity contribution in [3.05, 3.63) is 0 Å². The highest BCUT2D eigenvalue weighted by atomic mass is 14.2. The van der Waals surface area contributed by atoms with E-state index in [1.54, 1.807) is 0 Å². The first-order chi connectivity index (χ1) is 4.86. The van der Waals surface area contributed by atoms with Gasteiger partial charge in [-0.15, -0.1) is 0 Å². The molecule has 0 bridgehead atoms. The topological polar surface area (TPSA) is 0 Å². The van der Waals surface area contributed by atoms with Crippen LogP contribution in [-0.4, -0.2) is 0 Å². The Balaban J connectivity index is 2.25. The van der Waals surface area contributed by atoms with Crippen LogP contribution >= 0.6 is 0 Å². The number of hydrogen-bond donors (Lipinski definition) is 0. The molecule has 0 aromatic carbocycles. The second kappa shape index (κ2) is 4.00. The van der Waals surface area contributed by atoms with E-state index in [0.717, 1.165) is 11.8 Å². The molecule has 2 atom stereocenters. The fraction of sp³-hybridized carbons (Fsp3) is 1.00. The molecule has 1 fully saturated rings.